The Bertz CT molecular complexity index is 1580. The normalized spacial score (nSPS) is 14.6. The van der Waals surface area contributed by atoms with Gasteiger partial charge in [0.05, 0.1) is 21.3 Å². The summed E-state index contributed by atoms with van der Waals surface area (Å²) in [7, 11) is 2.06. The number of imidazole rings is 1. The Morgan fingerprint density at radius 1 is 1.05 bits per heavy atom. The van der Waals surface area contributed by atoms with Gasteiger partial charge in [-0.15, -0.1) is 0 Å². The third-order valence-corrected chi connectivity index (χ3v) is 8.67. The maximum Gasteiger partial charge on any atom is 0.161 e. The number of aliphatic hydroxyl groups excluding tert-OH is 1. The fourth-order valence-corrected chi connectivity index (χ4v) is 6.27. The van der Waals surface area contributed by atoms with Gasteiger partial charge < -0.3 is 24.8 Å². The summed E-state index contributed by atoms with van der Waals surface area (Å²) in [4.78, 5) is 14.3. The largest absolute Gasteiger partial charge is 0.396 e. The molecule has 1 aliphatic rings. The highest BCUT2D eigenvalue weighted by Crippen LogP contribution is 2.35. The van der Waals surface area contributed by atoms with Crippen molar-refractivity contribution in [3.8, 4) is 11.1 Å². The average Bonchev–Trinajstić information content (AvgIpc) is 3.56. The lowest BCUT2D eigenvalue weighted by molar-refractivity contribution is 0.271. The predicted molar refractivity (Wildman–Crippen MR) is 162 cm³/mol. The standard InChI is InChI=1S/C29H32IN7O/c1-3-35-11-13-36(14-12-35)22-5-7-27(32-18-22)33-25-17-24(28(30)37-10-9-31-29(25)37)20-4-6-23-21(8-15-38)19-34(2)26(23)16-20/h4-7,9-10,16-19,38H,3,8,11-15H2,1-2H3,(H,32,33). The van der Waals surface area contributed by atoms with Crippen molar-refractivity contribution in [3.63, 3.8) is 0 Å². The van der Waals surface area contributed by atoms with Crippen LogP contribution in [0.4, 0.5) is 17.2 Å². The molecule has 0 atom stereocenters. The van der Waals surface area contributed by atoms with Gasteiger partial charge in [-0.1, -0.05) is 19.1 Å². The van der Waals surface area contributed by atoms with Gasteiger partial charge in [-0.3, -0.25) is 4.40 Å². The number of rotatable bonds is 7. The summed E-state index contributed by atoms with van der Waals surface area (Å²) in [5.74, 6) is 0.796. The molecular weight excluding hydrogens is 589 g/mol. The summed E-state index contributed by atoms with van der Waals surface area (Å²) < 4.78 is 5.35. The number of pyridine rings is 2. The van der Waals surface area contributed by atoms with Crippen LogP contribution in [0.25, 0.3) is 27.7 Å². The maximum absolute atomic E-state index is 9.45. The third kappa shape index (κ3) is 4.63. The molecule has 4 aromatic heterocycles. The maximum atomic E-state index is 9.45. The second-order valence-corrected chi connectivity index (χ2v) is 10.8. The fourth-order valence-electron chi connectivity index (χ4n) is 5.42. The van der Waals surface area contributed by atoms with E-state index >= 15 is 0 Å². The molecule has 0 spiro atoms. The lowest BCUT2D eigenvalue weighted by Crippen LogP contribution is -2.46. The first-order chi connectivity index (χ1) is 18.6. The Morgan fingerprint density at radius 3 is 2.63 bits per heavy atom. The Balaban J connectivity index is 1.32. The van der Waals surface area contributed by atoms with Crippen molar-refractivity contribution < 1.29 is 5.11 Å². The minimum Gasteiger partial charge on any atom is -0.396 e. The van der Waals surface area contributed by atoms with E-state index in [1.807, 2.05) is 18.6 Å². The van der Waals surface area contributed by atoms with E-state index in [1.54, 1.807) is 0 Å². The first-order valence-corrected chi connectivity index (χ1v) is 14.2. The summed E-state index contributed by atoms with van der Waals surface area (Å²) in [6.45, 7) is 7.73. The zero-order chi connectivity index (χ0) is 26.2. The highest BCUT2D eigenvalue weighted by atomic mass is 127. The van der Waals surface area contributed by atoms with Gasteiger partial charge in [0.25, 0.3) is 0 Å². The molecule has 0 bridgehead atoms. The van der Waals surface area contributed by atoms with Crippen molar-refractivity contribution >= 4 is 56.3 Å². The number of aromatic nitrogens is 4. The SMILES string of the molecule is CCN1CCN(c2ccc(Nc3cc(-c4ccc5c(CCO)cn(C)c5c4)c(I)n4ccnc34)nc2)CC1. The van der Waals surface area contributed by atoms with Gasteiger partial charge in [0.1, 0.15) is 5.82 Å². The van der Waals surface area contributed by atoms with Crippen LogP contribution in [0.15, 0.2) is 61.2 Å². The van der Waals surface area contributed by atoms with Crippen LogP contribution in [0.3, 0.4) is 0 Å². The number of anilines is 3. The molecule has 0 amide bonds. The first kappa shape index (κ1) is 25.1. The van der Waals surface area contributed by atoms with Crippen molar-refractivity contribution in [2.45, 2.75) is 13.3 Å². The first-order valence-electron chi connectivity index (χ1n) is 13.1. The number of hydrogen-bond donors (Lipinski definition) is 2. The molecular formula is C29H32IN7O. The summed E-state index contributed by atoms with van der Waals surface area (Å²) >= 11 is 2.40. The van der Waals surface area contributed by atoms with Crippen molar-refractivity contribution in [2.75, 3.05) is 49.5 Å². The molecule has 0 saturated carbocycles. The van der Waals surface area contributed by atoms with Gasteiger partial charge in [-0.05, 0) is 70.9 Å². The van der Waals surface area contributed by atoms with Crippen molar-refractivity contribution in [3.05, 3.63) is 70.4 Å². The Morgan fingerprint density at radius 2 is 1.89 bits per heavy atom. The van der Waals surface area contributed by atoms with Gasteiger partial charge in [-0.2, -0.15) is 0 Å². The Hall–Kier alpha value is -3.15. The van der Waals surface area contributed by atoms with Crippen LogP contribution in [0.5, 0.6) is 0 Å². The molecule has 2 N–H and O–H groups in total. The van der Waals surface area contributed by atoms with Crippen LogP contribution in [0.2, 0.25) is 0 Å². The van der Waals surface area contributed by atoms with Gasteiger partial charge in [-0.25, -0.2) is 9.97 Å². The van der Waals surface area contributed by atoms with E-state index < -0.39 is 0 Å². The molecule has 1 aliphatic heterocycles. The molecule has 1 fully saturated rings. The summed E-state index contributed by atoms with van der Waals surface area (Å²) in [5, 5.41) is 14.2. The molecule has 38 heavy (non-hydrogen) atoms. The summed E-state index contributed by atoms with van der Waals surface area (Å²) in [6.07, 6.45) is 8.57. The number of piperazine rings is 1. The molecule has 5 heterocycles. The zero-order valence-corrected chi connectivity index (χ0v) is 23.9. The van der Waals surface area contributed by atoms with Crippen LogP contribution in [0.1, 0.15) is 12.5 Å². The summed E-state index contributed by atoms with van der Waals surface area (Å²) in [6, 6.07) is 12.9. The van der Waals surface area contributed by atoms with E-state index in [1.165, 1.54) is 10.9 Å². The number of nitrogens with one attached hydrogen (secondary N) is 1. The van der Waals surface area contributed by atoms with E-state index in [4.69, 9.17) is 4.98 Å². The molecule has 0 radical (unpaired) electrons. The minimum absolute atomic E-state index is 0.148. The predicted octanol–water partition coefficient (Wildman–Crippen LogP) is 4.91. The average molecular weight is 622 g/mol. The fraction of sp³-hybridized carbons (Fsp3) is 0.310. The topological polar surface area (TPSA) is 73.9 Å². The minimum atomic E-state index is 0.148. The van der Waals surface area contributed by atoms with Crippen molar-refractivity contribution in [1.82, 2.24) is 23.8 Å². The highest BCUT2D eigenvalue weighted by molar-refractivity contribution is 14.1. The van der Waals surface area contributed by atoms with E-state index in [0.717, 1.165) is 75.9 Å². The number of aliphatic hydroxyl groups is 1. The zero-order valence-electron chi connectivity index (χ0n) is 21.7. The van der Waals surface area contributed by atoms with Crippen LogP contribution < -0.4 is 10.2 Å². The Labute approximate surface area is 236 Å². The molecule has 8 nitrogen and oxygen atoms in total. The number of likely N-dealkylation sites (N-methyl/N-ethyl adjacent to an activating group) is 1. The summed E-state index contributed by atoms with van der Waals surface area (Å²) in [5.41, 5.74) is 7.51. The molecule has 5 aromatic rings. The molecule has 9 heteroatoms. The monoisotopic (exact) mass is 621 g/mol. The number of fused-ring (bicyclic) bond motifs is 2. The number of benzene rings is 1. The van der Waals surface area contributed by atoms with Crippen molar-refractivity contribution in [2.24, 2.45) is 7.05 Å². The molecule has 196 valence electrons. The number of aryl methyl sites for hydroxylation is 1. The lowest BCUT2D eigenvalue weighted by Gasteiger charge is -2.35. The second-order valence-electron chi connectivity index (χ2n) is 9.80. The Kier molecular flexibility index (Phi) is 6.98. The van der Waals surface area contributed by atoms with Crippen LogP contribution in [0, 0.1) is 3.70 Å². The number of nitrogens with zero attached hydrogens (tertiary/aromatic N) is 6. The highest BCUT2D eigenvalue weighted by Gasteiger charge is 2.18. The number of hydrogen-bond acceptors (Lipinski definition) is 6. The van der Waals surface area contributed by atoms with E-state index in [0.29, 0.717) is 6.42 Å². The lowest BCUT2D eigenvalue weighted by atomic mass is 10.0. The van der Waals surface area contributed by atoms with Gasteiger partial charge >= 0.3 is 0 Å². The van der Waals surface area contributed by atoms with Crippen LogP contribution in [-0.2, 0) is 13.5 Å². The third-order valence-electron chi connectivity index (χ3n) is 7.56. The van der Waals surface area contributed by atoms with Gasteiger partial charge in [0.15, 0.2) is 5.65 Å². The van der Waals surface area contributed by atoms with Crippen molar-refractivity contribution in [1.29, 1.82) is 0 Å². The molecule has 0 aliphatic carbocycles. The van der Waals surface area contributed by atoms with Gasteiger partial charge in [0, 0.05) is 74.9 Å². The smallest absolute Gasteiger partial charge is 0.161 e. The van der Waals surface area contributed by atoms with E-state index in [9.17, 15) is 5.11 Å². The van der Waals surface area contributed by atoms with Gasteiger partial charge in [0.2, 0.25) is 0 Å². The molecule has 1 saturated heterocycles. The van der Waals surface area contributed by atoms with Crippen LogP contribution >= 0.6 is 22.6 Å². The van der Waals surface area contributed by atoms with Crippen LogP contribution in [-0.4, -0.2) is 68.3 Å². The quantitative estimate of drug-likeness (QED) is 0.199. The molecule has 1 aromatic carbocycles. The molecule has 6 rings (SSSR count). The second kappa shape index (κ2) is 10.5. The number of halogens is 1. The van der Waals surface area contributed by atoms with E-state index in [-0.39, 0.29) is 6.61 Å². The molecule has 0 unspecified atom stereocenters. The van der Waals surface area contributed by atoms with E-state index in [2.05, 4.69) is 108 Å².